The van der Waals surface area contributed by atoms with E-state index in [9.17, 15) is 9.13 Å². The van der Waals surface area contributed by atoms with Gasteiger partial charge in [0.05, 0.1) is 33.0 Å². The zero-order valence-corrected chi connectivity index (χ0v) is 18.7. The molecule has 0 radical (unpaired) electrons. The molecule has 27 heavy (non-hydrogen) atoms. The Hall–Kier alpha value is -0.130. The van der Waals surface area contributed by atoms with Crippen molar-refractivity contribution in [1.82, 2.24) is 0 Å². The van der Waals surface area contributed by atoms with Gasteiger partial charge < -0.3 is 22.6 Å². The normalized spacial score (nSPS) is 20.3. The van der Waals surface area contributed by atoms with E-state index >= 15 is 0 Å². The fourth-order valence-corrected chi connectivity index (χ4v) is 9.90. The standard InChI is InChI=1S/C16H27O8P3/c1-5-21-26(17,15-11-9-8-10-12-15)16(4,24-25-19-13-14-20-25)27(18,22-6-2)23-7-3/h8-12H,5-7,13-14H2,1-4H3. The summed E-state index contributed by atoms with van der Waals surface area (Å²) in [4.78, 5) is 0. The Bertz CT molecular complexity index is 670. The van der Waals surface area contributed by atoms with E-state index in [0.717, 1.165) is 0 Å². The maximum absolute atomic E-state index is 14.2. The Balaban J connectivity index is 2.63. The molecule has 1 aromatic rings. The molecular weight excluding hydrogens is 413 g/mol. The van der Waals surface area contributed by atoms with Crippen molar-refractivity contribution in [2.45, 2.75) is 32.8 Å². The summed E-state index contributed by atoms with van der Waals surface area (Å²) in [5.74, 6) is 0. The van der Waals surface area contributed by atoms with E-state index in [1.807, 2.05) is 0 Å². The van der Waals surface area contributed by atoms with Crippen molar-refractivity contribution in [2.75, 3.05) is 33.0 Å². The molecule has 0 aromatic heterocycles. The van der Waals surface area contributed by atoms with E-state index < -0.39 is 28.7 Å². The Kier molecular flexibility index (Phi) is 8.63. The smallest absolute Gasteiger partial charge is 0.323 e. The van der Waals surface area contributed by atoms with E-state index in [2.05, 4.69) is 0 Å². The number of hydrogen-bond donors (Lipinski definition) is 0. The van der Waals surface area contributed by atoms with Gasteiger partial charge in [-0.25, -0.2) is 0 Å². The van der Waals surface area contributed by atoms with Gasteiger partial charge in [-0.15, -0.1) is 0 Å². The molecular formula is C16H27O8P3. The second kappa shape index (κ2) is 10.1. The molecule has 0 saturated carbocycles. The summed E-state index contributed by atoms with van der Waals surface area (Å²) in [5, 5.41) is -1.59. The van der Waals surface area contributed by atoms with E-state index in [4.69, 9.17) is 27.1 Å². The lowest BCUT2D eigenvalue weighted by molar-refractivity contribution is 0.123. The largest absolute Gasteiger partial charge is 0.372 e. The highest BCUT2D eigenvalue weighted by molar-refractivity contribution is 7.81. The highest BCUT2D eigenvalue weighted by Gasteiger charge is 2.64. The van der Waals surface area contributed by atoms with Crippen LogP contribution in [0.2, 0.25) is 0 Å². The van der Waals surface area contributed by atoms with Crippen LogP contribution in [0.4, 0.5) is 0 Å². The van der Waals surface area contributed by atoms with Gasteiger partial charge in [-0.2, -0.15) is 0 Å². The minimum atomic E-state index is -4.06. The predicted molar refractivity (Wildman–Crippen MR) is 104 cm³/mol. The lowest BCUT2D eigenvalue weighted by atomic mass is 10.4. The molecule has 0 bridgehead atoms. The fraction of sp³-hybridized carbons (Fsp3) is 0.625. The first-order valence-electron chi connectivity index (χ1n) is 8.81. The minimum Gasteiger partial charge on any atom is -0.323 e. The first-order valence-corrected chi connectivity index (χ1v) is 13.1. The van der Waals surface area contributed by atoms with Crippen molar-refractivity contribution in [2.24, 2.45) is 0 Å². The molecule has 0 aliphatic carbocycles. The van der Waals surface area contributed by atoms with Crippen molar-refractivity contribution in [3.63, 3.8) is 0 Å². The monoisotopic (exact) mass is 440 g/mol. The van der Waals surface area contributed by atoms with Crippen LogP contribution in [0.5, 0.6) is 0 Å². The zero-order chi connectivity index (χ0) is 20.0. The lowest BCUT2D eigenvalue weighted by Crippen LogP contribution is -2.35. The Labute approximate surface area is 161 Å². The third-order valence-electron chi connectivity index (χ3n) is 3.78. The van der Waals surface area contributed by atoms with Crippen LogP contribution < -0.4 is 5.30 Å². The molecule has 1 aromatic carbocycles. The maximum Gasteiger partial charge on any atom is 0.372 e. The molecule has 1 aliphatic heterocycles. The molecule has 0 N–H and O–H groups in total. The molecule has 1 heterocycles. The fourth-order valence-electron chi connectivity index (χ4n) is 2.58. The SMILES string of the molecule is CCOP(=O)(OCC)C(C)(OP1OCCO1)P(=O)(OCC)c1ccccc1. The van der Waals surface area contributed by atoms with Crippen LogP contribution in [0, 0.1) is 0 Å². The van der Waals surface area contributed by atoms with Gasteiger partial charge in [0.2, 0.25) is 0 Å². The van der Waals surface area contributed by atoms with Gasteiger partial charge in [-0.1, -0.05) is 18.2 Å². The molecule has 0 amide bonds. The third kappa shape index (κ3) is 4.72. The van der Waals surface area contributed by atoms with E-state index in [-0.39, 0.29) is 19.8 Å². The Morgan fingerprint density at radius 3 is 1.96 bits per heavy atom. The summed E-state index contributed by atoms with van der Waals surface area (Å²) in [6.07, 6.45) is 0. The topological polar surface area (TPSA) is 89.5 Å². The molecule has 0 spiro atoms. The van der Waals surface area contributed by atoms with E-state index in [1.165, 1.54) is 6.92 Å². The van der Waals surface area contributed by atoms with Crippen LogP contribution in [0.15, 0.2) is 30.3 Å². The van der Waals surface area contributed by atoms with Crippen molar-refractivity contribution in [3.8, 4) is 0 Å². The first-order chi connectivity index (χ1) is 12.9. The molecule has 2 atom stereocenters. The molecule has 2 rings (SSSR count). The Morgan fingerprint density at radius 2 is 1.48 bits per heavy atom. The van der Waals surface area contributed by atoms with Gasteiger partial charge >= 0.3 is 16.2 Å². The molecule has 1 saturated heterocycles. The minimum absolute atomic E-state index is 0.0801. The summed E-state index contributed by atoms with van der Waals surface area (Å²) in [6.45, 7) is 7.42. The quantitative estimate of drug-likeness (QED) is 0.451. The lowest BCUT2D eigenvalue weighted by Gasteiger charge is -2.40. The molecule has 8 nitrogen and oxygen atoms in total. The van der Waals surface area contributed by atoms with Crippen molar-refractivity contribution in [1.29, 1.82) is 0 Å². The van der Waals surface area contributed by atoms with Crippen LogP contribution in [0.3, 0.4) is 0 Å². The maximum atomic E-state index is 14.2. The molecule has 154 valence electrons. The van der Waals surface area contributed by atoms with Gasteiger partial charge in [0.1, 0.15) is 0 Å². The summed E-state index contributed by atoms with van der Waals surface area (Å²) >= 11 is 0. The van der Waals surface area contributed by atoms with Gasteiger partial charge in [0.15, 0.2) is 0 Å². The van der Waals surface area contributed by atoms with Crippen molar-refractivity contribution < 1.29 is 36.3 Å². The second-order valence-corrected chi connectivity index (χ2v) is 12.1. The molecule has 11 heteroatoms. The number of benzene rings is 1. The molecule has 1 fully saturated rings. The van der Waals surface area contributed by atoms with Crippen LogP contribution in [0.1, 0.15) is 27.7 Å². The zero-order valence-electron chi connectivity index (χ0n) is 16.0. The highest BCUT2D eigenvalue weighted by Crippen LogP contribution is 2.79. The van der Waals surface area contributed by atoms with Gasteiger partial charge in [-0.05, 0) is 39.8 Å². The van der Waals surface area contributed by atoms with Crippen LogP contribution in [-0.4, -0.2) is 38.1 Å². The second-order valence-electron chi connectivity index (χ2n) is 5.55. The van der Waals surface area contributed by atoms with Gasteiger partial charge in [0.25, 0.3) is 12.5 Å². The van der Waals surface area contributed by atoms with Crippen LogP contribution >= 0.6 is 23.6 Å². The van der Waals surface area contributed by atoms with Crippen molar-refractivity contribution in [3.05, 3.63) is 30.3 Å². The summed E-state index contributed by atoms with van der Waals surface area (Å²) in [7, 11) is -9.84. The predicted octanol–water partition coefficient (Wildman–Crippen LogP) is 4.86. The van der Waals surface area contributed by atoms with E-state index in [0.29, 0.717) is 18.5 Å². The first kappa shape index (κ1) is 23.2. The van der Waals surface area contributed by atoms with Crippen molar-refractivity contribution >= 4 is 28.9 Å². The summed E-state index contributed by atoms with van der Waals surface area (Å²) < 4.78 is 61.6. The summed E-state index contributed by atoms with van der Waals surface area (Å²) in [5.41, 5.74) is 0. The average molecular weight is 440 g/mol. The Morgan fingerprint density at radius 1 is 0.963 bits per heavy atom. The van der Waals surface area contributed by atoms with Gasteiger partial charge in [-0.3, -0.25) is 13.7 Å². The number of hydrogen-bond acceptors (Lipinski definition) is 8. The number of rotatable bonds is 11. The van der Waals surface area contributed by atoms with E-state index in [1.54, 1.807) is 51.1 Å². The molecule has 2 unspecified atom stereocenters. The average Bonchev–Trinajstić information content (AvgIpc) is 3.15. The third-order valence-corrected chi connectivity index (χ3v) is 12.0. The van der Waals surface area contributed by atoms with Crippen LogP contribution in [0.25, 0.3) is 0 Å². The van der Waals surface area contributed by atoms with Crippen LogP contribution in [-0.2, 0) is 36.3 Å². The molecule has 1 aliphatic rings. The highest BCUT2D eigenvalue weighted by atomic mass is 31.2. The summed E-state index contributed by atoms with van der Waals surface area (Å²) in [6, 6.07) is 8.52. The van der Waals surface area contributed by atoms with Gasteiger partial charge in [0, 0.05) is 5.30 Å².